The highest BCUT2D eigenvalue weighted by atomic mass is 32.2. The molecule has 0 aliphatic heterocycles. The molecule has 0 bridgehead atoms. The van der Waals surface area contributed by atoms with Crippen LogP contribution in [-0.4, -0.2) is 10.1 Å². The van der Waals surface area contributed by atoms with Gasteiger partial charge in [0.05, 0.1) is 11.3 Å². The zero-order valence-corrected chi connectivity index (χ0v) is 12.3. The van der Waals surface area contributed by atoms with E-state index < -0.39 is 5.54 Å². The van der Waals surface area contributed by atoms with Crippen LogP contribution in [0.25, 0.3) is 0 Å². The second-order valence-corrected chi connectivity index (χ2v) is 6.14. The third kappa shape index (κ3) is 3.81. The van der Waals surface area contributed by atoms with Gasteiger partial charge < -0.3 is 10.3 Å². The van der Waals surface area contributed by atoms with Gasteiger partial charge >= 0.3 is 0 Å². The van der Waals surface area contributed by atoms with Gasteiger partial charge in [0.1, 0.15) is 0 Å². The van der Waals surface area contributed by atoms with Crippen molar-refractivity contribution in [3.63, 3.8) is 0 Å². The summed E-state index contributed by atoms with van der Waals surface area (Å²) in [5.74, 6) is 2.83. The van der Waals surface area contributed by atoms with E-state index >= 15 is 0 Å². The fourth-order valence-corrected chi connectivity index (χ4v) is 2.53. The molecule has 0 fully saturated rings. The lowest BCUT2D eigenvalue weighted by molar-refractivity contribution is 0.370. The average molecular weight is 277 g/mol. The predicted molar refractivity (Wildman–Crippen MR) is 77.7 cm³/mol. The molecule has 2 N–H and O–H groups in total. The lowest BCUT2D eigenvalue weighted by Gasteiger charge is -2.11. The molecular formula is C14H19N3OS. The number of rotatable bonds is 5. The maximum Gasteiger partial charge on any atom is 0.236 e. The van der Waals surface area contributed by atoms with Crippen molar-refractivity contribution in [2.24, 2.45) is 5.73 Å². The van der Waals surface area contributed by atoms with E-state index in [1.165, 1.54) is 11.1 Å². The van der Waals surface area contributed by atoms with E-state index in [-0.39, 0.29) is 0 Å². The van der Waals surface area contributed by atoms with Crippen molar-refractivity contribution < 1.29 is 4.52 Å². The van der Waals surface area contributed by atoms with Crippen molar-refractivity contribution >= 4 is 11.8 Å². The first-order valence-electron chi connectivity index (χ1n) is 6.21. The van der Waals surface area contributed by atoms with Gasteiger partial charge in [-0.3, -0.25) is 0 Å². The number of hydrogen-bond donors (Lipinski definition) is 1. The van der Waals surface area contributed by atoms with Crippen molar-refractivity contribution in [3.05, 3.63) is 47.1 Å². The van der Waals surface area contributed by atoms with Gasteiger partial charge in [-0.1, -0.05) is 29.4 Å². The van der Waals surface area contributed by atoms with E-state index in [9.17, 15) is 0 Å². The van der Waals surface area contributed by atoms with Crippen LogP contribution in [0.5, 0.6) is 0 Å². The van der Waals surface area contributed by atoms with Crippen LogP contribution in [0.2, 0.25) is 0 Å². The van der Waals surface area contributed by atoms with E-state index in [1.807, 2.05) is 13.8 Å². The number of benzene rings is 1. The molecule has 102 valence electrons. The molecule has 0 aliphatic rings. The molecule has 1 heterocycles. The molecule has 19 heavy (non-hydrogen) atoms. The van der Waals surface area contributed by atoms with Gasteiger partial charge in [0.2, 0.25) is 5.89 Å². The second-order valence-electron chi connectivity index (χ2n) is 5.15. The van der Waals surface area contributed by atoms with Gasteiger partial charge in [-0.25, -0.2) is 0 Å². The molecular weight excluding hydrogens is 258 g/mol. The maximum atomic E-state index is 5.92. The Balaban J connectivity index is 1.90. The van der Waals surface area contributed by atoms with Crippen molar-refractivity contribution in [2.45, 2.75) is 37.8 Å². The van der Waals surface area contributed by atoms with Crippen LogP contribution in [0.4, 0.5) is 0 Å². The summed E-state index contributed by atoms with van der Waals surface area (Å²) >= 11 is 1.76. The highest BCUT2D eigenvalue weighted by Gasteiger charge is 2.21. The molecule has 0 radical (unpaired) electrons. The first-order valence-corrected chi connectivity index (χ1v) is 7.36. The van der Waals surface area contributed by atoms with E-state index in [0.717, 1.165) is 5.75 Å². The molecule has 0 saturated carbocycles. The minimum atomic E-state index is -0.553. The molecule has 4 nitrogen and oxygen atoms in total. The Bertz CT molecular complexity index is 546. The summed E-state index contributed by atoms with van der Waals surface area (Å²) in [6, 6.07) is 8.38. The molecule has 1 aromatic carbocycles. The van der Waals surface area contributed by atoms with Gasteiger partial charge in [0, 0.05) is 5.75 Å². The molecule has 0 saturated heterocycles. The van der Waals surface area contributed by atoms with E-state index in [2.05, 4.69) is 41.3 Å². The van der Waals surface area contributed by atoms with E-state index in [4.69, 9.17) is 10.3 Å². The number of nitrogens with zero attached hydrogens (tertiary/aromatic N) is 2. The Labute approximate surface area is 117 Å². The average Bonchev–Trinajstić information content (AvgIpc) is 2.80. The van der Waals surface area contributed by atoms with Crippen molar-refractivity contribution in [1.29, 1.82) is 0 Å². The van der Waals surface area contributed by atoms with Crippen LogP contribution in [0.1, 0.15) is 36.7 Å². The van der Waals surface area contributed by atoms with Gasteiger partial charge in [-0.15, -0.1) is 11.8 Å². The first-order chi connectivity index (χ1) is 8.97. The fraction of sp³-hybridized carbons (Fsp3) is 0.429. The first kappa shape index (κ1) is 14.1. The summed E-state index contributed by atoms with van der Waals surface area (Å²) in [4.78, 5) is 4.31. The van der Waals surface area contributed by atoms with Crippen LogP contribution in [0.3, 0.4) is 0 Å². The van der Waals surface area contributed by atoms with E-state index in [0.29, 0.717) is 17.5 Å². The van der Waals surface area contributed by atoms with Crippen LogP contribution >= 0.6 is 11.8 Å². The summed E-state index contributed by atoms with van der Waals surface area (Å²) in [6.07, 6.45) is 0. The standard InChI is InChI=1S/C14H19N3OS/c1-10-6-4-5-7-11(10)8-19-9-12-16-13(17-18-12)14(2,3)15/h4-7H,8-9,15H2,1-3H3. The monoisotopic (exact) mass is 277 g/mol. The van der Waals surface area contributed by atoms with Gasteiger partial charge in [-0.05, 0) is 31.9 Å². The molecule has 0 aliphatic carbocycles. The van der Waals surface area contributed by atoms with Gasteiger partial charge in [-0.2, -0.15) is 4.98 Å². The molecule has 0 spiro atoms. The number of thioether (sulfide) groups is 1. The van der Waals surface area contributed by atoms with Crippen molar-refractivity contribution in [2.75, 3.05) is 0 Å². The summed E-state index contributed by atoms with van der Waals surface area (Å²) in [7, 11) is 0. The molecule has 0 amide bonds. The molecule has 5 heteroatoms. The van der Waals surface area contributed by atoms with Crippen molar-refractivity contribution in [1.82, 2.24) is 10.1 Å². The smallest absolute Gasteiger partial charge is 0.236 e. The molecule has 1 aromatic heterocycles. The van der Waals surface area contributed by atoms with Crippen LogP contribution in [-0.2, 0) is 17.0 Å². The fourth-order valence-electron chi connectivity index (χ4n) is 1.60. The Morgan fingerprint density at radius 1 is 1.26 bits per heavy atom. The molecule has 0 unspecified atom stereocenters. The summed E-state index contributed by atoms with van der Waals surface area (Å²) < 4.78 is 5.20. The van der Waals surface area contributed by atoms with Gasteiger partial charge in [0.25, 0.3) is 0 Å². The zero-order valence-electron chi connectivity index (χ0n) is 11.5. The number of aromatic nitrogens is 2. The Morgan fingerprint density at radius 2 is 2.00 bits per heavy atom. The normalized spacial score (nSPS) is 11.8. The van der Waals surface area contributed by atoms with Crippen LogP contribution < -0.4 is 5.73 Å². The number of nitrogens with two attached hydrogens (primary N) is 1. The zero-order chi connectivity index (χ0) is 13.9. The Morgan fingerprint density at radius 3 is 2.63 bits per heavy atom. The summed E-state index contributed by atoms with van der Waals surface area (Å²) in [5.41, 5.74) is 8.01. The summed E-state index contributed by atoms with van der Waals surface area (Å²) in [6.45, 7) is 5.85. The number of aryl methyl sites for hydroxylation is 1. The SMILES string of the molecule is Cc1ccccc1CSCc1nc(C(C)(C)N)no1. The van der Waals surface area contributed by atoms with E-state index in [1.54, 1.807) is 11.8 Å². The molecule has 2 rings (SSSR count). The Hall–Kier alpha value is -1.33. The van der Waals surface area contributed by atoms with Gasteiger partial charge in [0.15, 0.2) is 5.82 Å². The minimum absolute atomic E-state index is 0.553. The lowest BCUT2D eigenvalue weighted by atomic mass is 10.1. The maximum absolute atomic E-state index is 5.92. The number of hydrogen-bond acceptors (Lipinski definition) is 5. The summed E-state index contributed by atoms with van der Waals surface area (Å²) in [5, 5.41) is 3.91. The molecule has 0 atom stereocenters. The minimum Gasteiger partial charge on any atom is -0.338 e. The third-order valence-electron chi connectivity index (χ3n) is 2.79. The quantitative estimate of drug-likeness (QED) is 0.910. The Kier molecular flexibility index (Phi) is 4.27. The third-order valence-corrected chi connectivity index (χ3v) is 3.75. The van der Waals surface area contributed by atoms with Crippen LogP contribution in [0, 0.1) is 6.92 Å². The van der Waals surface area contributed by atoms with Crippen molar-refractivity contribution in [3.8, 4) is 0 Å². The molecule has 2 aromatic rings. The highest BCUT2D eigenvalue weighted by molar-refractivity contribution is 7.97. The largest absolute Gasteiger partial charge is 0.338 e. The topological polar surface area (TPSA) is 64.9 Å². The predicted octanol–water partition coefficient (Wildman–Crippen LogP) is 3.01. The highest BCUT2D eigenvalue weighted by Crippen LogP contribution is 2.20. The van der Waals surface area contributed by atoms with Crippen LogP contribution in [0.15, 0.2) is 28.8 Å². The second kappa shape index (κ2) is 5.75. The lowest BCUT2D eigenvalue weighted by Crippen LogP contribution is -2.30.